The second-order valence-electron chi connectivity index (χ2n) is 8.34. The van der Waals surface area contributed by atoms with Crippen molar-refractivity contribution in [1.29, 1.82) is 0 Å². The highest BCUT2D eigenvalue weighted by Gasteiger charge is 2.49. The molecular formula is C22H27FN4O2. The van der Waals surface area contributed by atoms with E-state index in [0.29, 0.717) is 17.8 Å². The predicted molar refractivity (Wildman–Crippen MR) is 107 cm³/mol. The van der Waals surface area contributed by atoms with E-state index >= 15 is 0 Å². The van der Waals surface area contributed by atoms with Crippen LogP contribution in [0.25, 0.3) is 0 Å². The fourth-order valence-electron chi connectivity index (χ4n) is 4.73. The predicted octanol–water partition coefficient (Wildman–Crippen LogP) is 2.91. The molecule has 3 atom stereocenters. The average molecular weight is 398 g/mol. The number of fused-ring (bicyclic) bond motifs is 1. The molecule has 0 bridgehead atoms. The van der Waals surface area contributed by atoms with Gasteiger partial charge >= 0.3 is 6.01 Å². The molecule has 0 spiro atoms. The molecule has 0 aliphatic carbocycles. The van der Waals surface area contributed by atoms with Crippen LogP contribution in [0.2, 0.25) is 0 Å². The molecule has 4 rings (SSSR count). The van der Waals surface area contributed by atoms with Crippen molar-refractivity contribution in [2.24, 2.45) is 17.8 Å². The Morgan fingerprint density at radius 3 is 2.66 bits per heavy atom. The second kappa shape index (κ2) is 8.06. The van der Waals surface area contributed by atoms with Crippen molar-refractivity contribution < 1.29 is 13.9 Å². The molecule has 2 saturated heterocycles. The second-order valence-corrected chi connectivity index (χ2v) is 8.34. The van der Waals surface area contributed by atoms with E-state index < -0.39 is 0 Å². The van der Waals surface area contributed by atoms with Crippen molar-refractivity contribution in [1.82, 2.24) is 19.8 Å². The Labute approximate surface area is 170 Å². The number of amides is 1. The summed E-state index contributed by atoms with van der Waals surface area (Å²) in [5.74, 6) is 0.484. The van der Waals surface area contributed by atoms with Crippen LogP contribution in [0.1, 0.15) is 31.0 Å². The van der Waals surface area contributed by atoms with Gasteiger partial charge in [0.2, 0.25) is 5.91 Å². The number of hydrogen-bond donors (Lipinski definition) is 0. The molecule has 1 aromatic heterocycles. The molecule has 0 unspecified atom stereocenters. The standard InChI is InChI=1S/C22H27FN4O2/c1-14(2)21(28)27-12-17-11-26(10-15-8-24-22(29-3)25-9-15)13-19(17)20(27)16-5-4-6-18(23)7-16/h4-9,14,17,19-20H,10-13H2,1-3H3/t17-,19-,20+/m0/s1. The molecular weight excluding hydrogens is 371 g/mol. The third-order valence-corrected chi connectivity index (χ3v) is 5.98. The van der Waals surface area contributed by atoms with Gasteiger partial charge < -0.3 is 9.64 Å². The van der Waals surface area contributed by atoms with Gasteiger partial charge in [-0.2, -0.15) is 0 Å². The van der Waals surface area contributed by atoms with Gasteiger partial charge in [-0.25, -0.2) is 14.4 Å². The van der Waals surface area contributed by atoms with E-state index in [4.69, 9.17) is 4.74 Å². The Hall–Kier alpha value is -2.54. The molecule has 2 aliphatic rings. The number of ether oxygens (including phenoxy) is 1. The minimum absolute atomic E-state index is 0.0718. The first-order valence-electron chi connectivity index (χ1n) is 10.1. The zero-order valence-electron chi connectivity index (χ0n) is 17.1. The maximum Gasteiger partial charge on any atom is 0.316 e. The largest absolute Gasteiger partial charge is 0.467 e. The lowest BCUT2D eigenvalue weighted by Crippen LogP contribution is -2.37. The number of halogens is 1. The number of rotatable bonds is 5. The van der Waals surface area contributed by atoms with Gasteiger partial charge in [0.1, 0.15) is 5.82 Å². The summed E-state index contributed by atoms with van der Waals surface area (Å²) >= 11 is 0. The van der Waals surface area contributed by atoms with Crippen LogP contribution < -0.4 is 4.74 Å². The fraction of sp³-hybridized carbons (Fsp3) is 0.500. The van der Waals surface area contributed by atoms with Gasteiger partial charge in [0.25, 0.3) is 0 Å². The SMILES string of the molecule is COc1ncc(CN2C[C@H]3CN(C(=O)C(C)C)[C@H](c4cccc(F)c4)[C@H]3C2)cn1. The van der Waals surface area contributed by atoms with Gasteiger partial charge in [-0.3, -0.25) is 9.69 Å². The Morgan fingerprint density at radius 1 is 1.24 bits per heavy atom. The van der Waals surface area contributed by atoms with Crippen molar-refractivity contribution in [3.05, 3.63) is 53.6 Å². The molecule has 6 nitrogen and oxygen atoms in total. The zero-order valence-corrected chi connectivity index (χ0v) is 17.1. The molecule has 0 radical (unpaired) electrons. The molecule has 3 heterocycles. The highest BCUT2D eigenvalue weighted by molar-refractivity contribution is 5.79. The molecule has 154 valence electrons. The van der Waals surface area contributed by atoms with Crippen molar-refractivity contribution in [2.75, 3.05) is 26.7 Å². The summed E-state index contributed by atoms with van der Waals surface area (Å²) in [6, 6.07) is 6.99. The van der Waals surface area contributed by atoms with Gasteiger partial charge in [0, 0.05) is 56.0 Å². The number of hydrogen-bond acceptors (Lipinski definition) is 5. The third kappa shape index (κ3) is 3.96. The monoisotopic (exact) mass is 398 g/mol. The molecule has 1 aromatic carbocycles. The van der Waals surface area contributed by atoms with Crippen molar-refractivity contribution >= 4 is 5.91 Å². The van der Waals surface area contributed by atoms with Gasteiger partial charge in [0.15, 0.2) is 0 Å². The number of aromatic nitrogens is 2. The van der Waals surface area contributed by atoms with Crippen molar-refractivity contribution in [2.45, 2.75) is 26.4 Å². The quantitative estimate of drug-likeness (QED) is 0.775. The van der Waals surface area contributed by atoms with Crippen LogP contribution in [0.4, 0.5) is 4.39 Å². The smallest absolute Gasteiger partial charge is 0.316 e. The zero-order chi connectivity index (χ0) is 20.5. The first-order chi connectivity index (χ1) is 14.0. The highest BCUT2D eigenvalue weighted by Crippen LogP contribution is 2.45. The summed E-state index contributed by atoms with van der Waals surface area (Å²) in [5.41, 5.74) is 1.92. The first kappa shape index (κ1) is 19.8. The molecule has 0 saturated carbocycles. The normalized spacial score (nSPS) is 24.2. The Balaban J connectivity index is 1.54. The Kier molecular flexibility index (Phi) is 5.50. The summed E-state index contributed by atoms with van der Waals surface area (Å²) in [6.07, 6.45) is 3.58. The van der Waals surface area contributed by atoms with Crippen LogP contribution in [0.15, 0.2) is 36.7 Å². The lowest BCUT2D eigenvalue weighted by Gasteiger charge is -2.31. The van der Waals surface area contributed by atoms with Gasteiger partial charge in [-0.05, 0) is 23.6 Å². The molecule has 2 aliphatic heterocycles. The number of carbonyl (C=O) groups is 1. The van der Waals surface area contributed by atoms with Crippen LogP contribution in [-0.4, -0.2) is 52.4 Å². The van der Waals surface area contributed by atoms with Gasteiger partial charge in [0.05, 0.1) is 13.2 Å². The van der Waals surface area contributed by atoms with Gasteiger partial charge in [-0.1, -0.05) is 26.0 Å². The average Bonchev–Trinajstić information content (AvgIpc) is 3.24. The topological polar surface area (TPSA) is 58.6 Å². The highest BCUT2D eigenvalue weighted by atomic mass is 19.1. The molecule has 2 fully saturated rings. The van der Waals surface area contributed by atoms with E-state index in [-0.39, 0.29) is 23.7 Å². The van der Waals surface area contributed by atoms with Crippen LogP contribution >= 0.6 is 0 Å². The molecule has 29 heavy (non-hydrogen) atoms. The summed E-state index contributed by atoms with van der Waals surface area (Å²) < 4.78 is 19.0. The molecule has 1 amide bonds. The minimum atomic E-state index is -0.256. The summed E-state index contributed by atoms with van der Waals surface area (Å²) in [7, 11) is 1.55. The van der Waals surface area contributed by atoms with E-state index in [2.05, 4.69) is 14.9 Å². The maximum atomic E-state index is 13.9. The number of nitrogens with zero attached hydrogens (tertiary/aromatic N) is 4. The fourth-order valence-corrected chi connectivity index (χ4v) is 4.73. The van der Waals surface area contributed by atoms with E-state index in [1.54, 1.807) is 31.6 Å². The summed E-state index contributed by atoms with van der Waals surface area (Å²) in [4.78, 5) is 25.6. The van der Waals surface area contributed by atoms with Crippen LogP contribution in [0, 0.1) is 23.6 Å². The molecule has 2 aromatic rings. The Bertz CT molecular complexity index is 873. The summed E-state index contributed by atoms with van der Waals surface area (Å²) in [6.45, 7) is 7.09. The van der Waals surface area contributed by atoms with Crippen LogP contribution in [0.5, 0.6) is 6.01 Å². The lowest BCUT2D eigenvalue weighted by molar-refractivity contribution is -0.136. The lowest BCUT2D eigenvalue weighted by atomic mass is 9.89. The first-order valence-corrected chi connectivity index (χ1v) is 10.1. The number of carbonyl (C=O) groups excluding carboxylic acids is 1. The Morgan fingerprint density at radius 2 is 2.00 bits per heavy atom. The van der Waals surface area contributed by atoms with Crippen LogP contribution in [0.3, 0.4) is 0 Å². The summed E-state index contributed by atoms with van der Waals surface area (Å²) in [5, 5.41) is 0. The van der Waals surface area contributed by atoms with Gasteiger partial charge in [-0.15, -0.1) is 0 Å². The minimum Gasteiger partial charge on any atom is -0.467 e. The molecule has 7 heteroatoms. The maximum absolute atomic E-state index is 13.9. The van der Waals surface area contributed by atoms with E-state index in [0.717, 1.165) is 37.3 Å². The third-order valence-electron chi connectivity index (χ3n) is 5.98. The van der Waals surface area contributed by atoms with Crippen molar-refractivity contribution in [3.63, 3.8) is 0 Å². The number of methoxy groups -OCH3 is 1. The van der Waals surface area contributed by atoms with Crippen molar-refractivity contribution in [3.8, 4) is 6.01 Å². The van der Waals surface area contributed by atoms with E-state index in [9.17, 15) is 9.18 Å². The molecule has 0 N–H and O–H groups in total. The number of likely N-dealkylation sites (tertiary alicyclic amines) is 2. The van der Waals surface area contributed by atoms with E-state index in [1.165, 1.54) is 6.07 Å². The van der Waals surface area contributed by atoms with E-state index in [1.807, 2.05) is 24.8 Å². The number of benzene rings is 1. The van der Waals surface area contributed by atoms with Crippen LogP contribution in [-0.2, 0) is 11.3 Å².